The van der Waals surface area contributed by atoms with Gasteiger partial charge in [-0.2, -0.15) is 0 Å². The molecule has 1 fully saturated rings. The van der Waals surface area contributed by atoms with Crippen LogP contribution in [0.1, 0.15) is 36.5 Å². The molecule has 0 aliphatic heterocycles. The fourth-order valence-corrected chi connectivity index (χ4v) is 1.96. The fourth-order valence-electron chi connectivity index (χ4n) is 1.96. The Hall–Kier alpha value is -1.31. The lowest BCUT2D eigenvalue weighted by molar-refractivity contribution is 0.0949. The molecule has 2 heteroatoms. The summed E-state index contributed by atoms with van der Waals surface area (Å²) in [4.78, 5) is 11.7. The van der Waals surface area contributed by atoms with E-state index in [0.29, 0.717) is 6.04 Å². The van der Waals surface area contributed by atoms with Crippen LogP contribution < -0.4 is 5.32 Å². The lowest BCUT2D eigenvalue weighted by Gasteiger charge is -2.03. The number of nitrogens with one attached hydrogen (secondary N) is 1. The van der Waals surface area contributed by atoms with Gasteiger partial charge in [0.2, 0.25) is 0 Å². The van der Waals surface area contributed by atoms with Crippen molar-refractivity contribution in [1.82, 2.24) is 5.32 Å². The number of hydrogen-bond acceptors (Lipinski definition) is 1. The maximum absolute atomic E-state index is 11.7. The van der Waals surface area contributed by atoms with Crippen molar-refractivity contribution in [1.29, 1.82) is 0 Å². The van der Waals surface area contributed by atoms with Crippen LogP contribution in [0.25, 0.3) is 0 Å². The zero-order valence-corrected chi connectivity index (χ0v) is 9.07. The number of carbonyl (C=O) groups excluding carboxylic acids is 1. The second kappa shape index (κ2) is 4.47. The minimum atomic E-state index is 0.0687. The van der Waals surface area contributed by atoms with Crippen LogP contribution in [-0.2, 0) is 0 Å². The molecule has 0 aromatic heterocycles. The largest absolute Gasteiger partial charge is 0.349 e. The van der Waals surface area contributed by atoms with Gasteiger partial charge in [0.05, 0.1) is 0 Å². The van der Waals surface area contributed by atoms with E-state index in [2.05, 4.69) is 12.2 Å². The van der Waals surface area contributed by atoms with Crippen molar-refractivity contribution in [2.45, 2.75) is 32.2 Å². The molecule has 1 N–H and O–H groups in total. The molecule has 0 radical (unpaired) electrons. The highest BCUT2D eigenvalue weighted by Crippen LogP contribution is 2.34. The average molecular weight is 203 g/mol. The Balaban J connectivity index is 1.84. The fraction of sp³-hybridized carbons (Fsp3) is 0.462. The summed E-state index contributed by atoms with van der Waals surface area (Å²) in [7, 11) is 0. The van der Waals surface area contributed by atoms with Crippen molar-refractivity contribution in [2.24, 2.45) is 5.92 Å². The van der Waals surface area contributed by atoms with Crippen LogP contribution in [0.15, 0.2) is 30.3 Å². The first kappa shape index (κ1) is 10.2. The van der Waals surface area contributed by atoms with Gasteiger partial charge in [0.1, 0.15) is 0 Å². The van der Waals surface area contributed by atoms with Gasteiger partial charge in [-0.05, 0) is 30.9 Å². The van der Waals surface area contributed by atoms with Crippen LogP contribution in [0, 0.1) is 5.92 Å². The van der Waals surface area contributed by atoms with Gasteiger partial charge in [0.25, 0.3) is 5.91 Å². The summed E-state index contributed by atoms with van der Waals surface area (Å²) in [6.45, 7) is 2.19. The summed E-state index contributed by atoms with van der Waals surface area (Å²) in [5.74, 6) is 0.793. The summed E-state index contributed by atoms with van der Waals surface area (Å²) in [5.41, 5.74) is 0.764. The van der Waals surface area contributed by atoms with Gasteiger partial charge < -0.3 is 5.32 Å². The molecule has 1 aliphatic rings. The van der Waals surface area contributed by atoms with Gasteiger partial charge in [-0.25, -0.2) is 0 Å². The van der Waals surface area contributed by atoms with Gasteiger partial charge >= 0.3 is 0 Å². The average Bonchev–Trinajstić information content (AvgIpc) is 2.98. The third kappa shape index (κ3) is 2.58. The van der Waals surface area contributed by atoms with Crippen LogP contribution in [0.4, 0.5) is 0 Å². The predicted octanol–water partition coefficient (Wildman–Crippen LogP) is 2.61. The van der Waals surface area contributed by atoms with Crippen LogP contribution in [0.3, 0.4) is 0 Å². The van der Waals surface area contributed by atoms with Crippen molar-refractivity contribution in [3.8, 4) is 0 Å². The Kier molecular flexibility index (Phi) is 3.05. The maximum atomic E-state index is 11.7. The summed E-state index contributed by atoms with van der Waals surface area (Å²) in [5, 5.41) is 3.07. The molecule has 0 bridgehead atoms. The van der Waals surface area contributed by atoms with E-state index in [0.717, 1.165) is 17.9 Å². The maximum Gasteiger partial charge on any atom is 0.251 e. The first-order valence-electron chi connectivity index (χ1n) is 5.67. The SMILES string of the molecule is CCCC1CC1NC(=O)c1ccccc1. The van der Waals surface area contributed by atoms with E-state index >= 15 is 0 Å². The van der Waals surface area contributed by atoms with Gasteiger partial charge in [0.15, 0.2) is 0 Å². The minimum Gasteiger partial charge on any atom is -0.349 e. The smallest absolute Gasteiger partial charge is 0.251 e. The summed E-state index contributed by atoms with van der Waals surface area (Å²) in [6, 6.07) is 9.85. The Morgan fingerprint density at radius 3 is 2.80 bits per heavy atom. The molecule has 0 heterocycles. The minimum absolute atomic E-state index is 0.0687. The zero-order valence-electron chi connectivity index (χ0n) is 9.07. The Morgan fingerprint density at radius 2 is 2.13 bits per heavy atom. The van der Waals surface area contributed by atoms with Gasteiger partial charge in [-0.1, -0.05) is 31.5 Å². The van der Waals surface area contributed by atoms with Gasteiger partial charge in [-0.15, -0.1) is 0 Å². The second-order valence-electron chi connectivity index (χ2n) is 4.23. The normalized spacial score (nSPS) is 23.5. The highest BCUT2D eigenvalue weighted by atomic mass is 16.1. The molecule has 2 nitrogen and oxygen atoms in total. The lowest BCUT2D eigenvalue weighted by atomic mass is 10.2. The van der Waals surface area contributed by atoms with E-state index in [4.69, 9.17) is 0 Å². The first-order chi connectivity index (χ1) is 7.31. The van der Waals surface area contributed by atoms with E-state index in [1.165, 1.54) is 12.8 Å². The summed E-state index contributed by atoms with van der Waals surface area (Å²) in [6.07, 6.45) is 3.61. The van der Waals surface area contributed by atoms with Gasteiger partial charge in [0, 0.05) is 11.6 Å². The van der Waals surface area contributed by atoms with E-state index < -0.39 is 0 Å². The van der Waals surface area contributed by atoms with Crippen molar-refractivity contribution in [2.75, 3.05) is 0 Å². The Bertz CT molecular complexity index is 334. The molecule has 15 heavy (non-hydrogen) atoms. The van der Waals surface area contributed by atoms with E-state index in [9.17, 15) is 4.79 Å². The highest BCUT2D eigenvalue weighted by Gasteiger charge is 2.37. The summed E-state index contributed by atoms with van der Waals surface area (Å²) >= 11 is 0. The molecule has 1 aromatic carbocycles. The molecule has 1 amide bonds. The Labute approximate surface area is 90.7 Å². The summed E-state index contributed by atoms with van der Waals surface area (Å²) < 4.78 is 0. The molecule has 1 aliphatic carbocycles. The number of benzene rings is 1. The first-order valence-corrected chi connectivity index (χ1v) is 5.67. The number of rotatable bonds is 4. The highest BCUT2D eigenvalue weighted by molar-refractivity contribution is 5.94. The van der Waals surface area contributed by atoms with Crippen LogP contribution in [0.2, 0.25) is 0 Å². The molecule has 0 spiro atoms. The molecule has 2 unspecified atom stereocenters. The third-order valence-corrected chi connectivity index (χ3v) is 2.93. The molecule has 80 valence electrons. The third-order valence-electron chi connectivity index (χ3n) is 2.93. The van der Waals surface area contributed by atoms with Crippen molar-refractivity contribution < 1.29 is 4.79 Å². The second-order valence-corrected chi connectivity index (χ2v) is 4.23. The van der Waals surface area contributed by atoms with Crippen molar-refractivity contribution >= 4 is 5.91 Å². The zero-order chi connectivity index (χ0) is 10.7. The lowest BCUT2D eigenvalue weighted by Crippen LogP contribution is -2.26. The number of amides is 1. The van der Waals surface area contributed by atoms with E-state index in [-0.39, 0.29) is 5.91 Å². The Morgan fingerprint density at radius 1 is 1.40 bits per heavy atom. The molecular weight excluding hydrogens is 186 g/mol. The van der Waals surface area contributed by atoms with Crippen molar-refractivity contribution in [3.63, 3.8) is 0 Å². The van der Waals surface area contributed by atoms with Gasteiger partial charge in [-0.3, -0.25) is 4.79 Å². The van der Waals surface area contributed by atoms with E-state index in [1.54, 1.807) is 0 Å². The number of hydrogen-bond donors (Lipinski definition) is 1. The standard InChI is InChI=1S/C13H17NO/c1-2-6-11-9-12(11)14-13(15)10-7-4-3-5-8-10/h3-5,7-8,11-12H,2,6,9H2,1H3,(H,14,15). The van der Waals surface area contributed by atoms with Crippen LogP contribution >= 0.6 is 0 Å². The topological polar surface area (TPSA) is 29.1 Å². The molecule has 2 rings (SSSR count). The van der Waals surface area contributed by atoms with Crippen LogP contribution in [0.5, 0.6) is 0 Å². The molecular formula is C13H17NO. The monoisotopic (exact) mass is 203 g/mol. The van der Waals surface area contributed by atoms with E-state index in [1.807, 2.05) is 30.3 Å². The predicted molar refractivity (Wildman–Crippen MR) is 60.7 cm³/mol. The molecule has 2 atom stereocenters. The van der Waals surface area contributed by atoms with Crippen LogP contribution in [-0.4, -0.2) is 11.9 Å². The molecule has 1 saturated carbocycles. The van der Waals surface area contributed by atoms with Crippen molar-refractivity contribution in [3.05, 3.63) is 35.9 Å². The number of carbonyl (C=O) groups is 1. The molecule has 0 saturated heterocycles. The molecule has 1 aromatic rings. The quantitative estimate of drug-likeness (QED) is 0.800.